The average Bonchev–Trinajstić information content (AvgIpc) is 3.19. The van der Waals surface area contributed by atoms with Crippen LogP contribution >= 0.6 is 7.82 Å². The molecule has 0 saturated carbocycles. The van der Waals surface area contributed by atoms with Crippen LogP contribution < -0.4 is 5.32 Å². The van der Waals surface area contributed by atoms with Gasteiger partial charge in [-0.1, -0.05) is 161 Å². The third-order valence-electron chi connectivity index (χ3n) is 8.97. The Morgan fingerprint density at radius 2 is 1.02 bits per heavy atom. The number of likely N-dealkylation sites (N-methyl/N-ethyl adjacent to an activating group) is 1. The monoisotopic (exact) mass is 840 g/mol. The molecule has 0 rings (SSSR count). The van der Waals surface area contributed by atoms with Gasteiger partial charge in [0.05, 0.1) is 39.9 Å². The first-order chi connectivity index (χ1) is 28.5. The van der Waals surface area contributed by atoms with E-state index in [-0.39, 0.29) is 19.1 Å². The van der Waals surface area contributed by atoms with Gasteiger partial charge in [0.1, 0.15) is 13.2 Å². The lowest BCUT2D eigenvalue weighted by molar-refractivity contribution is -0.870. The van der Waals surface area contributed by atoms with Gasteiger partial charge in [0.15, 0.2) is 0 Å². The van der Waals surface area contributed by atoms with Gasteiger partial charge in [-0.05, 0) is 89.9 Å². The summed E-state index contributed by atoms with van der Waals surface area (Å²) < 4.78 is 23.3. The van der Waals surface area contributed by atoms with Crippen molar-refractivity contribution in [2.24, 2.45) is 0 Å². The van der Waals surface area contributed by atoms with Gasteiger partial charge >= 0.3 is 7.82 Å². The molecule has 334 valence electrons. The Morgan fingerprint density at radius 3 is 1.42 bits per heavy atom. The summed E-state index contributed by atoms with van der Waals surface area (Å²) in [5.41, 5.74) is 0. The van der Waals surface area contributed by atoms with E-state index in [9.17, 15) is 19.4 Å². The normalized spacial score (nSPS) is 15.4. The molecule has 0 aromatic heterocycles. The number of amides is 1. The Bertz CT molecular complexity index is 1370. The van der Waals surface area contributed by atoms with Gasteiger partial charge in [-0.15, -0.1) is 0 Å². The zero-order valence-corrected chi connectivity index (χ0v) is 38.6. The lowest BCUT2D eigenvalue weighted by atomic mass is 10.0. The number of unbranched alkanes of at least 4 members (excludes halogenated alkanes) is 5. The van der Waals surface area contributed by atoms with Crippen molar-refractivity contribution in [3.8, 4) is 0 Å². The van der Waals surface area contributed by atoms with Crippen LogP contribution in [0.15, 0.2) is 122 Å². The maximum Gasteiger partial charge on any atom is 0.472 e. The fraction of sp³-hybridized carbons (Fsp3) is 0.580. The van der Waals surface area contributed by atoms with Gasteiger partial charge in [0, 0.05) is 6.42 Å². The Kier molecular flexibility index (Phi) is 38.2. The van der Waals surface area contributed by atoms with E-state index in [1.165, 1.54) is 0 Å². The maximum atomic E-state index is 12.7. The Morgan fingerprint density at radius 1 is 0.593 bits per heavy atom. The van der Waals surface area contributed by atoms with Crippen molar-refractivity contribution in [3.63, 3.8) is 0 Å². The lowest BCUT2D eigenvalue weighted by Crippen LogP contribution is -2.46. The first kappa shape index (κ1) is 55.9. The molecule has 0 bridgehead atoms. The van der Waals surface area contributed by atoms with E-state index in [0.717, 1.165) is 103 Å². The highest BCUT2D eigenvalue weighted by atomic mass is 31.2. The molecule has 0 radical (unpaired) electrons. The lowest BCUT2D eigenvalue weighted by Gasteiger charge is -2.26. The van der Waals surface area contributed by atoms with E-state index in [0.29, 0.717) is 30.3 Å². The van der Waals surface area contributed by atoms with Crippen molar-refractivity contribution in [1.82, 2.24) is 5.32 Å². The highest BCUT2D eigenvalue weighted by molar-refractivity contribution is 7.47. The first-order valence-corrected chi connectivity index (χ1v) is 23.9. The second-order valence-corrected chi connectivity index (χ2v) is 17.1. The number of carbonyl (C=O) groups is 1. The summed E-state index contributed by atoms with van der Waals surface area (Å²) in [4.78, 5) is 22.9. The second-order valence-electron chi connectivity index (χ2n) is 15.7. The number of quaternary nitrogens is 1. The van der Waals surface area contributed by atoms with Crippen LogP contribution in [0.3, 0.4) is 0 Å². The molecule has 0 saturated heterocycles. The summed E-state index contributed by atoms with van der Waals surface area (Å²) in [6.07, 6.45) is 60.2. The van der Waals surface area contributed by atoms with E-state index in [4.69, 9.17) is 9.05 Å². The largest absolute Gasteiger partial charge is 0.472 e. The van der Waals surface area contributed by atoms with Crippen molar-refractivity contribution >= 4 is 13.7 Å². The molecule has 0 aliphatic carbocycles. The average molecular weight is 840 g/mol. The zero-order valence-electron chi connectivity index (χ0n) is 37.7. The molecule has 0 spiro atoms. The van der Waals surface area contributed by atoms with Gasteiger partial charge in [0.2, 0.25) is 5.91 Å². The molecule has 3 N–H and O–H groups in total. The van der Waals surface area contributed by atoms with E-state index >= 15 is 0 Å². The van der Waals surface area contributed by atoms with Crippen LogP contribution in [0.25, 0.3) is 0 Å². The molecule has 0 heterocycles. The third kappa shape index (κ3) is 42.8. The van der Waals surface area contributed by atoms with Gasteiger partial charge < -0.3 is 19.8 Å². The fourth-order valence-electron chi connectivity index (χ4n) is 5.42. The molecule has 1 amide bonds. The highest BCUT2D eigenvalue weighted by Crippen LogP contribution is 2.43. The summed E-state index contributed by atoms with van der Waals surface area (Å²) in [5, 5.41) is 13.6. The van der Waals surface area contributed by atoms with Crippen LogP contribution in [-0.2, 0) is 18.4 Å². The summed E-state index contributed by atoms with van der Waals surface area (Å²) >= 11 is 0. The van der Waals surface area contributed by atoms with Gasteiger partial charge in [-0.25, -0.2) is 4.57 Å². The molecule has 0 aliphatic rings. The van der Waals surface area contributed by atoms with Crippen molar-refractivity contribution in [2.75, 3.05) is 40.9 Å². The molecular formula is C50H84N2O6P+. The number of hydrogen-bond acceptors (Lipinski definition) is 5. The molecule has 59 heavy (non-hydrogen) atoms. The zero-order chi connectivity index (χ0) is 43.6. The minimum atomic E-state index is -4.32. The number of phosphoric ester groups is 1. The van der Waals surface area contributed by atoms with Crippen LogP contribution in [0.2, 0.25) is 0 Å². The molecule has 0 aromatic carbocycles. The van der Waals surface area contributed by atoms with Crippen molar-refractivity contribution in [3.05, 3.63) is 122 Å². The summed E-state index contributed by atoms with van der Waals surface area (Å²) in [6, 6.07) is -0.788. The van der Waals surface area contributed by atoms with Gasteiger partial charge in [0.25, 0.3) is 0 Å². The molecule has 3 atom stereocenters. The number of aliphatic hydroxyl groups is 1. The van der Waals surface area contributed by atoms with E-state index in [2.05, 4.69) is 141 Å². The van der Waals surface area contributed by atoms with E-state index in [1.807, 2.05) is 21.1 Å². The molecule has 0 aliphatic heterocycles. The SMILES string of the molecule is CC/C=C\C/C=C\C/C=C\C/C=C\C/C=C\C/C=C\C/C=C\C/C=C\C/C=C\C/C=C\CCCCC(=O)NC(COP(=O)(O)OCC[N+](C)(C)C)C(O)CCCCCC. The minimum absolute atomic E-state index is 0.0572. The highest BCUT2D eigenvalue weighted by Gasteiger charge is 2.28. The second kappa shape index (κ2) is 40.3. The molecule has 3 unspecified atom stereocenters. The van der Waals surface area contributed by atoms with Gasteiger partial charge in [-0.3, -0.25) is 13.8 Å². The van der Waals surface area contributed by atoms with Crippen molar-refractivity contribution in [1.29, 1.82) is 0 Å². The topological polar surface area (TPSA) is 105 Å². The van der Waals surface area contributed by atoms with Crippen LogP contribution in [0.5, 0.6) is 0 Å². The number of carbonyl (C=O) groups excluding carboxylic acids is 1. The van der Waals surface area contributed by atoms with Gasteiger partial charge in [-0.2, -0.15) is 0 Å². The number of hydrogen-bond donors (Lipinski definition) is 3. The van der Waals surface area contributed by atoms with Crippen LogP contribution in [0, 0.1) is 0 Å². The maximum absolute atomic E-state index is 12.7. The standard InChI is InChI=1S/C50H83N2O6P/c1-6-8-10-12-13-14-15-16-17-18-19-20-21-22-23-24-25-26-27-28-29-30-31-32-33-34-35-36-37-38-39-40-42-44-50(54)51-48(49(53)43-41-11-9-7-2)47-58-59(55,56)57-46-45-52(3,4)5/h8,10,13-14,16-17,19-20,22-23,25-26,28-29,31-32,34-35,37-38,48-49,53H,6-7,9,11-12,15,18,21,24,27,30,33,36,39-47H2,1-5H3,(H-,51,54,55,56)/p+1/b10-8-,14-13-,17-16-,20-19-,23-22-,26-25-,29-28-,32-31-,35-34-,38-37-. The number of aliphatic hydroxyl groups excluding tert-OH is 1. The molecule has 0 fully saturated rings. The van der Waals surface area contributed by atoms with Crippen LogP contribution in [0.4, 0.5) is 0 Å². The predicted molar refractivity (Wildman–Crippen MR) is 253 cm³/mol. The third-order valence-corrected chi connectivity index (χ3v) is 9.96. The number of allylic oxidation sites excluding steroid dienone is 20. The molecule has 0 aromatic rings. The minimum Gasteiger partial charge on any atom is -0.391 e. The number of rotatable bonds is 38. The predicted octanol–water partition coefficient (Wildman–Crippen LogP) is 12.7. The first-order valence-electron chi connectivity index (χ1n) is 22.4. The molecule has 8 nitrogen and oxygen atoms in total. The summed E-state index contributed by atoms with van der Waals surface area (Å²) in [7, 11) is 1.55. The summed E-state index contributed by atoms with van der Waals surface area (Å²) in [6.45, 7) is 4.57. The Hall–Kier alpha value is -3.10. The van der Waals surface area contributed by atoms with Crippen LogP contribution in [-0.4, -0.2) is 73.4 Å². The number of nitrogens with one attached hydrogen (secondary N) is 1. The molecular weight excluding hydrogens is 756 g/mol. The van der Waals surface area contributed by atoms with E-state index < -0.39 is 20.0 Å². The smallest absolute Gasteiger partial charge is 0.391 e. The molecule has 9 heteroatoms. The quantitative estimate of drug-likeness (QED) is 0.0248. The Balaban J connectivity index is 4.12. The number of nitrogens with zero attached hydrogens (tertiary/aromatic N) is 1. The fourth-order valence-corrected chi connectivity index (χ4v) is 6.16. The summed E-state index contributed by atoms with van der Waals surface area (Å²) in [5.74, 6) is -0.203. The number of phosphoric acid groups is 1. The Labute approximate surface area is 361 Å². The van der Waals surface area contributed by atoms with Crippen LogP contribution in [0.1, 0.15) is 136 Å². The van der Waals surface area contributed by atoms with Crippen molar-refractivity contribution in [2.45, 2.75) is 148 Å². The van der Waals surface area contributed by atoms with Crippen molar-refractivity contribution < 1.29 is 32.9 Å². The van der Waals surface area contributed by atoms with E-state index in [1.54, 1.807) is 0 Å².